The van der Waals surface area contributed by atoms with E-state index >= 15 is 0 Å². The first-order chi connectivity index (χ1) is 22.3. The summed E-state index contributed by atoms with van der Waals surface area (Å²) in [4.78, 5) is 40.7. The molecular weight excluding hydrogens is 602 g/mol. The first-order valence-electron chi connectivity index (χ1n) is 16.1. The lowest BCUT2D eigenvalue weighted by Gasteiger charge is -2.28. The summed E-state index contributed by atoms with van der Waals surface area (Å²) in [5.74, 6) is 1.04. The molecule has 0 unspecified atom stereocenters. The number of aryl methyl sites for hydroxylation is 1. The molecule has 2 aromatic heterocycles. The maximum Gasteiger partial charge on any atom is 0.264 e. The molecule has 2 fully saturated rings. The second-order valence-corrected chi connectivity index (χ2v) is 13.7. The van der Waals surface area contributed by atoms with Crippen molar-refractivity contribution in [2.75, 3.05) is 6.61 Å². The van der Waals surface area contributed by atoms with E-state index in [-0.39, 0.29) is 28.2 Å². The SMILES string of the molecule is CCCCc1nc(C2CCC2)n(-c2ncc(OCC)cn2)c(=O)c1Cc1ccc(-c2ccccc2S(=O)(=O)NC(=O)C2CC2)cc1. The van der Waals surface area contributed by atoms with E-state index in [9.17, 15) is 18.0 Å². The first kappa shape index (κ1) is 31.6. The molecule has 1 N–H and O–H groups in total. The van der Waals surface area contributed by atoms with Gasteiger partial charge in [0, 0.05) is 29.4 Å². The van der Waals surface area contributed by atoms with Gasteiger partial charge in [0.1, 0.15) is 5.82 Å². The van der Waals surface area contributed by atoms with Gasteiger partial charge in [-0.1, -0.05) is 62.2 Å². The van der Waals surface area contributed by atoms with Gasteiger partial charge in [-0.2, -0.15) is 0 Å². The number of aromatic nitrogens is 4. The molecule has 2 aromatic carbocycles. The summed E-state index contributed by atoms with van der Waals surface area (Å²) in [6, 6.07) is 14.2. The lowest BCUT2D eigenvalue weighted by atomic mass is 9.84. The molecule has 0 saturated heterocycles. The molecular formula is C35H39N5O5S. The Morgan fingerprint density at radius 1 is 1.00 bits per heavy atom. The monoisotopic (exact) mass is 641 g/mol. The van der Waals surface area contributed by atoms with Gasteiger partial charge in [0.25, 0.3) is 15.6 Å². The first-order valence-corrected chi connectivity index (χ1v) is 17.6. The third-order valence-electron chi connectivity index (χ3n) is 8.66. The molecule has 46 heavy (non-hydrogen) atoms. The molecule has 0 bridgehead atoms. The summed E-state index contributed by atoms with van der Waals surface area (Å²) in [7, 11) is -4.04. The van der Waals surface area contributed by atoms with Crippen LogP contribution in [-0.2, 0) is 27.7 Å². The third-order valence-corrected chi connectivity index (χ3v) is 10.1. The van der Waals surface area contributed by atoms with Crippen LogP contribution in [0, 0.1) is 5.92 Å². The van der Waals surface area contributed by atoms with E-state index in [0.717, 1.165) is 49.2 Å². The minimum Gasteiger partial charge on any atom is -0.491 e. The van der Waals surface area contributed by atoms with Crippen LogP contribution in [-0.4, -0.2) is 40.5 Å². The van der Waals surface area contributed by atoms with Crippen molar-refractivity contribution in [1.29, 1.82) is 0 Å². The third kappa shape index (κ3) is 6.74. The summed E-state index contributed by atoms with van der Waals surface area (Å²) in [6.45, 7) is 4.50. The van der Waals surface area contributed by atoms with Crippen LogP contribution in [0.15, 0.2) is 70.6 Å². The van der Waals surface area contributed by atoms with Crippen molar-refractivity contribution in [1.82, 2.24) is 24.2 Å². The lowest BCUT2D eigenvalue weighted by molar-refractivity contribution is -0.120. The minimum absolute atomic E-state index is 0.0487. The summed E-state index contributed by atoms with van der Waals surface area (Å²) in [5.41, 5.74) is 3.32. The maximum atomic E-state index is 14.3. The van der Waals surface area contributed by atoms with Crippen molar-refractivity contribution < 1.29 is 17.9 Å². The highest BCUT2D eigenvalue weighted by Crippen LogP contribution is 2.36. The van der Waals surface area contributed by atoms with Crippen LogP contribution >= 0.6 is 0 Å². The molecule has 4 aromatic rings. The number of ether oxygens (including phenoxy) is 1. The van der Waals surface area contributed by atoms with E-state index < -0.39 is 15.9 Å². The molecule has 6 rings (SSSR count). The van der Waals surface area contributed by atoms with Gasteiger partial charge in [-0.25, -0.2) is 32.7 Å². The van der Waals surface area contributed by atoms with Crippen molar-refractivity contribution in [3.8, 4) is 22.8 Å². The number of rotatable bonds is 13. The second-order valence-electron chi connectivity index (χ2n) is 12.0. The van der Waals surface area contributed by atoms with E-state index in [1.807, 2.05) is 31.2 Å². The zero-order chi connectivity index (χ0) is 32.3. The van der Waals surface area contributed by atoms with Crippen LogP contribution in [0.2, 0.25) is 0 Å². The smallest absolute Gasteiger partial charge is 0.264 e. The van der Waals surface area contributed by atoms with Gasteiger partial charge in [0.15, 0.2) is 5.75 Å². The van der Waals surface area contributed by atoms with Crippen LogP contribution in [0.25, 0.3) is 17.1 Å². The number of amides is 1. The average molecular weight is 642 g/mol. The highest BCUT2D eigenvalue weighted by Gasteiger charge is 2.33. The molecule has 0 aliphatic heterocycles. The largest absolute Gasteiger partial charge is 0.491 e. The minimum atomic E-state index is -4.04. The molecule has 2 aliphatic rings. The van der Waals surface area contributed by atoms with E-state index in [1.165, 1.54) is 6.07 Å². The fraction of sp³-hybridized carbons (Fsp3) is 0.400. The molecule has 2 saturated carbocycles. The van der Waals surface area contributed by atoms with Gasteiger partial charge < -0.3 is 4.74 Å². The van der Waals surface area contributed by atoms with E-state index in [0.29, 0.717) is 54.7 Å². The van der Waals surface area contributed by atoms with Gasteiger partial charge >= 0.3 is 0 Å². The van der Waals surface area contributed by atoms with E-state index in [2.05, 4.69) is 21.6 Å². The molecule has 10 nitrogen and oxygen atoms in total. The summed E-state index contributed by atoms with van der Waals surface area (Å²) in [5, 5.41) is 0. The van der Waals surface area contributed by atoms with Gasteiger partial charge in [-0.05, 0) is 62.6 Å². The zero-order valence-electron chi connectivity index (χ0n) is 26.2. The van der Waals surface area contributed by atoms with Gasteiger partial charge in [-0.3, -0.25) is 9.59 Å². The molecule has 1 amide bonds. The van der Waals surface area contributed by atoms with Crippen LogP contribution < -0.4 is 15.0 Å². The predicted octanol–water partition coefficient (Wildman–Crippen LogP) is 5.50. The van der Waals surface area contributed by atoms with Crippen molar-refractivity contribution in [2.45, 2.75) is 82.4 Å². The molecule has 0 spiro atoms. The topological polar surface area (TPSA) is 133 Å². The normalized spacial score (nSPS) is 14.9. The summed E-state index contributed by atoms with van der Waals surface area (Å²) in [6.07, 6.45) is 10.6. The number of nitrogens with one attached hydrogen (secondary N) is 1. The fourth-order valence-electron chi connectivity index (χ4n) is 5.71. The van der Waals surface area contributed by atoms with Crippen LogP contribution in [0.5, 0.6) is 5.75 Å². The number of hydrogen-bond donors (Lipinski definition) is 1. The van der Waals surface area contributed by atoms with Gasteiger partial charge in [-0.15, -0.1) is 0 Å². The van der Waals surface area contributed by atoms with Gasteiger partial charge in [0.05, 0.1) is 29.6 Å². The molecule has 0 atom stereocenters. The number of nitrogens with zero attached hydrogens (tertiary/aromatic N) is 4. The van der Waals surface area contributed by atoms with E-state index in [4.69, 9.17) is 9.72 Å². The Labute approximate surface area is 269 Å². The second kappa shape index (κ2) is 13.5. The number of sulfonamides is 1. The van der Waals surface area contributed by atoms with Crippen molar-refractivity contribution in [2.24, 2.45) is 5.92 Å². The summed E-state index contributed by atoms with van der Waals surface area (Å²) < 4.78 is 35.6. The standard InChI is InChI=1S/C35H39N5O5S/c1-3-5-12-30-29(34(42)40(32(38-30)25-9-8-10-25)35-36-21-27(22-37-35)45-4-2)20-23-14-16-24(17-15-23)28-11-6-7-13-31(28)46(43,44)39-33(41)26-18-19-26/h6-7,11,13-17,21-22,25-26H,3-5,8-10,12,18-20H2,1-2H3,(H,39,41). The number of benzene rings is 2. The highest BCUT2D eigenvalue weighted by atomic mass is 32.2. The Balaban J connectivity index is 1.35. The van der Waals surface area contributed by atoms with Crippen LogP contribution in [0.1, 0.15) is 87.4 Å². The Kier molecular flexibility index (Phi) is 9.30. The van der Waals surface area contributed by atoms with Crippen molar-refractivity contribution >= 4 is 15.9 Å². The predicted molar refractivity (Wildman–Crippen MR) is 175 cm³/mol. The molecule has 2 heterocycles. The van der Waals surface area contributed by atoms with Crippen LogP contribution in [0.4, 0.5) is 0 Å². The van der Waals surface area contributed by atoms with Gasteiger partial charge in [0.2, 0.25) is 11.9 Å². The van der Waals surface area contributed by atoms with Crippen molar-refractivity contribution in [3.05, 3.63) is 93.9 Å². The Morgan fingerprint density at radius 3 is 2.35 bits per heavy atom. The fourth-order valence-corrected chi connectivity index (χ4v) is 6.98. The average Bonchev–Trinajstić information content (AvgIpc) is 3.88. The zero-order valence-corrected chi connectivity index (χ0v) is 27.1. The molecule has 11 heteroatoms. The summed E-state index contributed by atoms with van der Waals surface area (Å²) >= 11 is 0. The van der Waals surface area contributed by atoms with Crippen LogP contribution in [0.3, 0.4) is 0 Å². The molecule has 2 aliphatic carbocycles. The van der Waals surface area contributed by atoms with Crippen molar-refractivity contribution in [3.63, 3.8) is 0 Å². The highest BCUT2D eigenvalue weighted by molar-refractivity contribution is 7.90. The van der Waals surface area contributed by atoms with E-state index in [1.54, 1.807) is 35.2 Å². The number of carbonyl (C=O) groups is 1. The number of hydrogen-bond acceptors (Lipinski definition) is 8. The quantitative estimate of drug-likeness (QED) is 0.202. The molecule has 240 valence electrons. The Hall–Kier alpha value is -4.38. The Morgan fingerprint density at radius 2 is 1.72 bits per heavy atom. The molecule has 0 radical (unpaired) electrons. The Bertz CT molecular complexity index is 1880. The number of unbranched alkanes of at least 4 members (excludes halogenated alkanes) is 1. The lowest BCUT2D eigenvalue weighted by Crippen LogP contribution is -2.33. The maximum absolute atomic E-state index is 14.3. The number of carbonyl (C=O) groups excluding carboxylic acids is 1.